The van der Waals surface area contributed by atoms with E-state index < -0.39 is 0 Å². The van der Waals surface area contributed by atoms with Gasteiger partial charge in [-0.3, -0.25) is 9.59 Å². The molecule has 122 valence electrons. The Balaban J connectivity index is 2.63. The Bertz CT molecular complexity index is 486. The lowest BCUT2D eigenvalue weighted by Crippen LogP contribution is -2.32. The fourth-order valence-corrected chi connectivity index (χ4v) is 2.26. The van der Waals surface area contributed by atoms with Crippen molar-refractivity contribution in [3.05, 3.63) is 34.9 Å². The highest BCUT2D eigenvalue weighted by Crippen LogP contribution is 2.22. The lowest BCUT2D eigenvalue weighted by atomic mass is 9.97. The van der Waals surface area contributed by atoms with Crippen LogP contribution in [-0.4, -0.2) is 18.4 Å². The predicted molar refractivity (Wildman–Crippen MR) is 89.7 cm³/mol. The molecular weight excluding hydrogens is 300 g/mol. The molecule has 5 heteroatoms. The molecule has 0 aliphatic rings. The number of hydrogen-bond donors (Lipinski definition) is 2. The minimum atomic E-state index is -0.123. The highest BCUT2D eigenvalue weighted by atomic mass is 35.5. The average Bonchev–Trinajstić information content (AvgIpc) is 2.44. The maximum atomic E-state index is 12.0. The summed E-state index contributed by atoms with van der Waals surface area (Å²) < 4.78 is 0. The van der Waals surface area contributed by atoms with Crippen molar-refractivity contribution in [2.75, 3.05) is 6.54 Å². The van der Waals surface area contributed by atoms with Crippen LogP contribution in [0.3, 0.4) is 0 Å². The second kappa shape index (κ2) is 9.46. The van der Waals surface area contributed by atoms with Crippen LogP contribution in [0.2, 0.25) is 5.02 Å². The number of halogens is 1. The summed E-state index contributed by atoms with van der Waals surface area (Å²) in [5.41, 5.74) is 1.05. The number of carbonyl (C=O) groups excluding carboxylic acids is 2. The van der Waals surface area contributed by atoms with E-state index in [0.29, 0.717) is 17.5 Å². The molecule has 22 heavy (non-hydrogen) atoms. The molecule has 2 amide bonds. The molecule has 2 N–H and O–H groups in total. The van der Waals surface area contributed by atoms with E-state index in [9.17, 15) is 9.59 Å². The van der Waals surface area contributed by atoms with Crippen LogP contribution in [0.5, 0.6) is 0 Å². The summed E-state index contributed by atoms with van der Waals surface area (Å²) >= 11 is 5.92. The zero-order valence-corrected chi connectivity index (χ0v) is 14.2. The Morgan fingerprint density at radius 2 is 1.77 bits per heavy atom. The molecule has 4 nitrogen and oxygen atoms in total. The van der Waals surface area contributed by atoms with Crippen molar-refractivity contribution in [3.8, 4) is 0 Å². The smallest absolute Gasteiger partial charge is 0.222 e. The number of nitrogens with one attached hydrogen (secondary N) is 2. The van der Waals surface area contributed by atoms with Crippen molar-refractivity contribution in [3.63, 3.8) is 0 Å². The molecule has 0 saturated carbocycles. The second-order valence-electron chi connectivity index (χ2n) is 5.88. The van der Waals surface area contributed by atoms with Crippen molar-refractivity contribution in [1.82, 2.24) is 10.6 Å². The van der Waals surface area contributed by atoms with E-state index in [1.807, 2.05) is 24.3 Å². The third kappa shape index (κ3) is 7.46. The van der Waals surface area contributed by atoms with Gasteiger partial charge in [-0.05, 0) is 36.5 Å². The Morgan fingerprint density at radius 3 is 2.32 bits per heavy atom. The molecule has 0 aliphatic carbocycles. The molecule has 0 saturated heterocycles. The van der Waals surface area contributed by atoms with Crippen molar-refractivity contribution >= 4 is 23.4 Å². The zero-order valence-electron chi connectivity index (χ0n) is 13.5. The summed E-state index contributed by atoms with van der Waals surface area (Å²) in [6, 6.07) is 7.54. The molecule has 0 bridgehead atoms. The molecule has 0 radical (unpaired) electrons. The van der Waals surface area contributed by atoms with Gasteiger partial charge < -0.3 is 10.6 Å². The minimum Gasteiger partial charge on any atom is -0.356 e. The third-order valence-electron chi connectivity index (χ3n) is 3.37. The van der Waals surface area contributed by atoms with Crippen LogP contribution in [0.4, 0.5) is 0 Å². The molecule has 0 aliphatic heterocycles. The van der Waals surface area contributed by atoms with Crippen molar-refractivity contribution in [2.24, 2.45) is 5.92 Å². The maximum Gasteiger partial charge on any atom is 0.222 e. The Hall–Kier alpha value is -1.55. The van der Waals surface area contributed by atoms with Crippen LogP contribution in [-0.2, 0) is 9.59 Å². The van der Waals surface area contributed by atoms with Crippen LogP contribution in [0.15, 0.2) is 24.3 Å². The van der Waals surface area contributed by atoms with Crippen LogP contribution in [0, 0.1) is 5.92 Å². The Labute approximate surface area is 137 Å². The largest absolute Gasteiger partial charge is 0.356 e. The topological polar surface area (TPSA) is 58.2 Å². The van der Waals surface area contributed by atoms with Crippen LogP contribution < -0.4 is 10.6 Å². The first kappa shape index (κ1) is 18.5. The fraction of sp³-hybridized carbons (Fsp3) is 0.529. The van der Waals surface area contributed by atoms with Crippen molar-refractivity contribution in [2.45, 2.75) is 46.1 Å². The van der Waals surface area contributed by atoms with Crippen molar-refractivity contribution < 1.29 is 9.59 Å². The van der Waals surface area contributed by atoms with Gasteiger partial charge in [0.25, 0.3) is 0 Å². The van der Waals surface area contributed by atoms with Crippen LogP contribution in [0.1, 0.15) is 51.6 Å². The predicted octanol–water partition coefficient (Wildman–Crippen LogP) is 3.46. The van der Waals surface area contributed by atoms with Gasteiger partial charge in [-0.25, -0.2) is 0 Å². The molecule has 0 aromatic heterocycles. The van der Waals surface area contributed by atoms with Gasteiger partial charge in [-0.2, -0.15) is 0 Å². The number of rotatable bonds is 8. The molecule has 1 aromatic carbocycles. The van der Waals surface area contributed by atoms with Gasteiger partial charge in [-0.15, -0.1) is 0 Å². The standard InChI is InChI=1S/C17H25ClN2O2/c1-12(2)4-9-16(14-5-7-15(18)8-6-14)20-17(22)10-11-19-13(3)21/h5-8,12,16H,4,9-11H2,1-3H3,(H,19,21)(H,20,22). The Morgan fingerprint density at radius 1 is 1.14 bits per heavy atom. The summed E-state index contributed by atoms with van der Waals surface area (Å²) in [7, 11) is 0. The van der Waals surface area contributed by atoms with Gasteiger partial charge >= 0.3 is 0 Å². The third-order valence-corrected chi connectivity index (χ3v) is 3.62. The molecule has 0 fully saturated rings. The number of benzene rings is 1. The van der Waals surface area contributed by atoms with E-state index in [2.05, 4.69) is 24.5 Å². The molecule has 1 atom stereocenters. The summed E-state index contributed by atoms with van der Waals surface area (Å²) in [5.74, 6) is 0.394. The lowest BCUT2D eigenvalue weighted by Gasteiger charge is -2.20. The van der Waals surface area contributed by atoms with E-state index in [-0.39, 0.29) is 24.3 Å². The lowest BCUT2D eigenvalue weighted by molar-refractivity contribution is -0.122. The molecule has 1 aromatic rings. The van der Waals surface area contributed by atoms with Gasteiger partial charge in [0.2, 0.25) is 11.8 Å². The molecule has 0 spiro atoms. The quantitative estimate of drug-likeness (QED) is 0.769. The van der Waals surface area contributed by atoms with Crippen LogP contribution >= 0.6 is 11.6 Å². The first-order valence-corrected chi connectivity index (χ1v) is 8.05. The molecular formula is C17H25ClN2O2. The highest BCUT2D eigenvalue weighted by Gasteiger charge is 2.15. The summed E-state index contributed by atoms with van der Waals surface area (Å²) in [6.07, 6.45) is 2.19. The summed E-state index contributed by atoms with van der Waals surface area (Å²) in [4.78, 5) is 22.9. The normalized spacial score (nSPS) is 12.0. The fourth-order valence-electron chi connectivity index (χ4n) is 2.14. The van der Waals surface area contributed by atoms with Gasteiger partial charge in [-0.1, -0.05) is 37.6 Å². The summed E-state index contributed by atoms with van der Waals surface area (Å²) in [5, 5.41) is 6.36. The first-order chi connectivity index (χ1) is 10.4. The van der Waals surface area contributed by atoms with E-state index in [1.165, 1.54) is 6.92 Å². The van der Waals surface area contributed by atoms with E-state index >= 15 is 0 Å². The minimum absolute atomic E-state index is 0.0236. The maximum absolute atomic E-state index is 12.0. The number of carbonyl (C=O) groups is 2. The van der Waals surface area contributed by atoms with E-state index in [4.69, 9.17) is 11.6 Å². The van der Waals surface area contributed by atoms with Gasteiger partial charge in [0.05, 0.1) is 6.04 Å². The monoisotopic (exact) mass is 324 g/mol. The van der Waals surface area contributed by atoms with E-state index in [1.54, 1.807) is 0 Å². The second-order valence-corrected chi connectivity index (χ2v) is 6.31. The Kier molecular flexibility index (Phi) is 7.96. The van der Waals surface area contributed by atoms with Crippen LogP contribution in [0.25, 0.3) is 0 Å². The molecule has 0 heterocycles. The van der Waals surface area contributed by atoms with E-state index in [0.717, 1.165) is 18.4 Å². The van der Waals surface area contributed by atoms with Gasteiger partial charge in [0, 0.05) is 24.9 Å². The average molecular weight is 325 g/mol. The molecule has 1 rings (SSSR count). The van der Waals surface area contributed by atoms with Crippen molar-refractivity contribution in [1.29, 1.82) is 0 Å². The van der Waals surface area contributed by atoms with Gasteiger partial charge in [0.1, 0.15) is 0 Å². The summed E-state index contributed by atoms with van der Waals surface area (Å²) in [6.45, 7) is 6.13. The number of hydrogen-bond acceptors (Lipinski definition) is 2. The SMILES string of the molecule is CC(=O)NCCC(=O)NC(CCC(C)C)c1ccc(Cl)cc1. The highest BCUT2D eigenvalue weighted by molar-refractivity contribution is 6.30. The molecule has 1 unspecified atom stereocenters. The zero-order chi connectivity index (χ0) is 16.5. The van der Waals surface area contributed by atoms with Gasteiger partial charge in [0.15, 0.2) is 0 Å². The first-order valence-electron chi connectivity index (χ1n) is 7.67. The number of amides is 2.